The Morgan fingerprint density at radius 1 is 0.929 bits per heavy atom. The fourth-order valence-electron chi connectivity index (χ4n) is 3.10. The second-order valence-electron chi connectivity index (χ2n) is 6.29. The van der Waals surface area contributed by atoms with Crippen LogP contribution < -0.4 is 15.5 Å². The van der Waals surface area contributed by atoms with E-state index >= 15 is 0 Å². The highest BCUT2D eigenvalue weighted by molar-refractivity contribution is 5.74. The lowest BCUT2D eigenvalue weighted by molar-refractivity contribution is 0.123. The van der Waals surface area contributed by atoms with Gasteiger partial charge in [0, 0.05) is 19.3 Å². The van der Waals surface area contributed by atoms with E-state index in [-0.39, 0.29) is 0 Å². The topological polar surface area (TPSA) is 86.1 Å². The van der Waals surface area contributed by atoms with Gasteiger partial charge in [-0.15, -0.1) is 0 Å². The summed E-state index contributed by atoms with van der Waals surface area (Å²) in [5.41, 5.74) is 3.32. The Morgan fingerprint density at radius 2 is 1.68 bits per heavy atom. The van der Waals surface area contributed by atoms with Gasteiger partial charge < -0.3 is 20.3 Å². The van der Waals surface area contributed by atoms with Crippen LogP contribution in [0.2, 0.25) is 0 Å². The molecule has 1 aromatic heterocycles. The third-order valence-corrected chi connectivity index (χ3v) is 4.47. The van der Waals surface area contributed by atoms with Gasteiger partial charge in [0.15, 0.2) is 0 Å². The second kappa shape index (κ2) is 8.37. The van der Waals surface area contributed by atoms with Crippen molar-refractivity contribution in [1.29, 1.82) is 5.26 Å². The van der Waals surface area contributed by atoms with Gasteiger partial charge in [0.25, 0.3) is 0 Å². The summed E-state index contributed by atoms with van der Waals surface area (Å²) in [7, 11) is 0. The van der Waals surface area contributed by atoms with E-state index in [9.17, 15) is 5.26 Å². The van der Waals surface area contributed by atoms with Gasteiger partial charge in [0.1, 0.15) is 11.9 Å². The van der Waals surface area contributed by atoms with Crippen molar-refractivity contribution in [2.24, 2.45) is 0 Å². The number of nitriles is 1. The molecule has 140 valence electrons. The Bertz CT molecular complexity index is 994. The van der Waals surface area contributed by atoms with E-state index in [0.29, 0.717) is 23.0 Å². The molecule has 7 heteroatoms. The van der Waals surface area contributed by atoms with Crippen molar-refractivity contribution in [3.8, 4) is 6.07 Å². The average molecular weight is 372 g/mol. The Balaban J connectivity index is 1.55. The molecule has 1 aliphatic rings. The van der Waals surface area contributed by atoms with Crippen molar-refractivity contribution < 1.29 is 4.74 Å². The van der Waals surface area contributed by atoms with Crippen molar-refractivity contribution in [3.63, 3.8) is 0 Å². The Labute approximate surface area is 163 Å². The minimum absolute atomic E-state index is 0.486. The molecule has 28 heavy (non-hydrogen) atoms. The van der Waals surface area contributed by atoms with E-state index in [1.807, 2.05) is 36.4 Å². The minimum Gasteiger partial charge on any atom is -0.378 e. The highest BCUT2D eigenvalue weighted by Gasteiger charge is 2.15. The fraction of sp³-hybridized carbons (Fsp3) is 0.190. The summed E-state index contributed by atoms with van der Waals surface area (Å²) in [6.07, 6.45) is 1.68. The lowest BCUT2D eigenvalue weighted by Gasteiger charge is -2.30. The van der Waals surface area contributed by atoms with E-state index in [1.54, 1.807) is 18.3 Å². The number of hydrogen-bond donors (Lipinski definition) is 2. The minimum atomic E-state index is 0.486. The maximum Gasteiger partial charge on any atom is 0.229 e. The monoisotopic (exact) mass is 372 g/mol. The summed E-state index contributed by atoms with van der Waals surface area (Å²) >= 11 is 0. The molecule has 1 aliphatic heterocycles. The highest BCUT2D eigenvalue weighted by Crippen LogP contribution is 2.28. The number of anilines is 5. The normalized spacial score (nSPS) is 13.6. The van der Waals surface area contributed by atoms with Crippen LogP contribution in [0.1, 0.15) is 5.56 Å². The molecule has 0 spiro atoms. The zero-order valence-electron chi connectivity index (χ0n) is 15.3. The average Bonchev–Trinajstić information content (AvgIpc) is 2.75. The first-order chi connectivity index (χ1) is 13.8. The predicted octanol–water partition coefficient (Wildman–Crippen LogP) is 3.67. The van der Waals surface area contributed by atoms with Gasteiger partial charge in [-0.05, 0) is 30.3 Å². The molecule has 2 N–H and O–H groups in total. The second-order valence-corrected chi connectivity index (χ2v) is 6.29. The SMILES string of the molecule is N#Cc1ccccc1Nc1ccnc(Nc2ccccc2N2CCOCC2)n1. The first-order valence-corrected chi connectivity index (χ1v) is 9.11. The number of hydrogen-bond acceptors (Lipinski definition) is 7. The highest BCUT2D eigenvalue weighted by atomic mass is 16.5. The number of rotatable bonds is 5. The quantitative estimate of drug-likeness (QED) is 0.706. The molecule has 1 fully saturated rings. The molecule has 0 atom stereocenters. The Hall–Kier alpha value is -3.63. The molecule has 0 amide bonds. The molecule has 4 rings (SSSR count). The molecule has 2 aromatic carbocycles. The van der Waals surface area contributed by atoms with Crippen molar-refractivity contribution in [2.45, 2.75) is 0 Å². The van der Waals surface area contributed by atoms with Gasteiger partial charge in [-0.25, -0.2) is 4.98 Å². The number of nitrogens with zero attached hydrogens (tertiary/aromatic N) is 4. The molecular formula is C21H20N6O. The molecule has 0 aliphatic carbocycles. The summed E-state index contributed by atoms with van der Waals surface area (Å²) < 4.78 is 5.45. The maximum absolute atomic E-state index is 9.25. The Morgan fingerprint density at radius 3 is 2.50 bits per heavy atom. The summed E-state index contributed by atoms with van der Waals surface area (Å²) in [6, 6.07) is 19.4. The number of aromatic nitrogens is 2. The van der Waals surface area contributed by atoms with Crippen LogP contribution in [0.3, 0.4) is 0 Å². The van der Waals surface area contributed by atoms with E-state index < -0.39 is 0 Å². The summed E-state index contributed by atoms with van der Waals surface area (Å²) in [5, 5.41) is 15.8. The number of ether oxygens (including phenoxy) is 1. The van der Waals surface area contributed by atoms with Gasteiger partial charge in [-0.3, -0.25) is 0 Å². The molecule has 1 saturated heterocycles. The molecule has 0 bridgehead atoms. The third-order valence-electron chi connectivity index (χ3n) is 4.47. The van der Waals surface area contributed by atoms with Crippen LogP contribution in [0.25, 0.3) is 0 Å². The first kappa shape index (κ1) is 17.8. The van der Waals surface area contributed by atoms with Crippen LogP contribution in [0.5, 0.6) is 0 Å². The van der Waals surface area contributed by atoms with E-state index in [1.165, 1.54) is 0 Å². The molecule has 0 saturated carbocycles. The van der Waals surface area contributed by atoms with Crippen molar-refractivity contribution >= 4 is 28.8 Å². The summed E-state index contributed by atoms with van der Waals surface area (Å²) in [6.45, 7) is 3.16. The smallest absolute Gasteiger partial charge is 0.229 e. The molecular weight excluding hydrogens is 352 g/mol. The van der Waals surface area contributed by atoms with Crippen LogP contribution in [0, 0.1) is 11.3 Å². The van der Waals surface area contributed by atoms with Crippen molar-refractivity contribution in [1.82, 2.24) is 9.97 Å². The zero-order valence-corrected chi connectivity index (χ0v) is 15.3. The predicted molar refractivity (Wildman–Crippen MR) is 109 cm³/mol. The molecule has 0 unspecified atom stereocenters. The van der Waals surface area contributed by atoms with Crippen molar-refractivity contribution in [3.05, 3.63) is 66.4 Å². The lowest BCUT2D eigenvalue weighted by Crippen LogP contribution is -2.36. The Kier molecular flexibility index (Phi) is 5.31. The van der Waals surface area contributed by atoms with Gasteiger partial charge >= 0.3 is 0 Å². The first-order valence-electron chi connectivity index (χ1n) is 9.11. The standard InChI is InChI=1S/C21H20N6O/c22-15-16-5-1-2-6-17(16)24-20-9-10-23-21(26-20)25-18-7-3-4-8-19(18)27-11-13-28-14-12-27/h1-10H,11-14H2,(H2,23,24,25,26). The van der Waals surface area contributed by atoms with Crippen molar-refractivity contribution in [2.75, 3.05) is 41.8 Å². The van der Waals surface area contributed by atoms with Gasteiger partial charge in [-0.2, -0.15) is 10.2 Å². The van der Waals surface area contributed by atoms with Crippen LogP contribution in [-0.4, -0.2) is 36.3 Å². The number of benzene rings is 2. The van der Waals surface area contributed by atoms with Crippen LogP contribution in [0.4, 0.5) is 28.8 Å². The summed E-state index contributed by atoms with van der Waals surface area (Å²) in [5.74, 6) is 1.10. The largest absolute Gasteiger partial charge is 0.378 e. The van der Waals surface area contributed by atoms with Crippen LogP contribution >= 0.6 is 0 Å². The maximum atomic E-state index is 9.25. The van der Waals surface area contributed by atoms with Crippen LogP contribution in [0.15, 0.2) is 60.8 Å². The molecule has 3 aromatic rings. The van der Waals surface area contributed by atoms with E-state index in [0.717, 1.165) is 37.7 Å². The number of nitrogens with one attached hydrogen (secondary N) is 2. The third kappa shape index (κ3) is 4.03. The number of morpholine rings is 1. The number of para-hydroxylation sites is 3. The van der Waals surface area contributed by atoms with Crippen LogP contribution in [-0.2, 0) is 4.74 Å². The van der Waals surface area contributed by atoms with E-state index in [4.69, 9.17) is 4.74 Å². The summed E-state index contributed by atoms with van der Waals surface area (Å²) in [4.78, 5) is 11.2. The lowest BCUT2D eigenvalue weighted by atomic mass is 10.2. The van der Waals surface area contributed by atoms with Gasteiger partial charge in [0.2, 0.25) is 5.95 Å². The van der Waals surface area contributed by atoms with E-state index in [2.05, 4.69) is 37.6 Å². The molecule has 2 heterocycles. The zero-order chi connectivity index (χ0) is 19.2. The fourth-order valence-corrected chi connectivity index (χ4v) is 3.10. The van der Waals surface area contributed by atoms with Gasteiger partial charge in [-0.1, -0.05) is 24.3 Å². The molecule has 0 radical (unpaired) electrons. The van der Waals surface area contributed by atoms with Gasteiger partial charge in [0.05, 0.1) is 35.8 Å². The molecule has 7 nitrogen and oxygen atoms in total.